The molecule has 0 aliphatic heterocycles. The summed E-state index contributed by atoms with van der Waals surface area (Å²) in [6.07, 6.45) is 4.54. The number of carboxylic acid groups (broad SMARTS) is 1. The van der Waals surface area contributed by atoms with Gasteiger partial charge >= 0.3 is 5.97 Å². The van der Waals surface area contributed by atoms with Crippen molar-refractivity contribution in [1.82, 2.24) is 0 Å². The summed E-state index contributed by atoms with van der Waals surface area (Å²) in [6.45, 7) is 5.01. The number of allylic oxidation sites excluding steroid dienone is 3. The fourth-order valence-electron chi connectivity index (χ4n) is 0.387. The van der Waals surface area contributed by atoms with Crippen LogP contribution in [0.15, 0.2) is 36.1 Å². The van der Waals surface area contributed by atoms with Gasteiger partial charge in [-0.3, -0.25) is 0 Å². The van der Waals surface area contributed by atoms with Gasteiger partial charge in [0.05, 0.1) is 5.57 Å². The molecule has 0 aromatic heterocycles. The summed E-state index contributed by atoms with van der Waals surface area (Å²) in [6, 6.07) is 0. The molecule has 3 heteroatoms. The third-order valence-corrected chi connectivity index (χ3v) is 0.931. The van der Waals surface area contributed by atoms with Crippen LogP contribution in [-0.4, -0.2) is 11.1 Å². The lowest BCUT2D eigenvalue weighted by Gasteiger charge is -1.87. The van der Waals surface area contributed by atoms with Gasteiger partial charge in [0.15, 0.2) is 0 Å². The van der Waals surface area contributed by atoms with E-state index < -0.39 is 5.97 Å². The highest BCUT2D eigenvalue weighted by Crippen LogP contribution is 1.93. The quantitative estimate of drug-likeness (QED) is 0.470. The van der Waals surface area contributed by atoms with E-state index in [9.17, 15) is 4.79 Å². The van der Waals surface area contributed by atoms with Gasteiger partial charge in [0.25, 0.3) is 0 Å². The van der Waals surface area contributed by atoms with Crippen LogP contribution in [0.4, 0.5) is 0 Å². The van der Waals surface area contributed by atoms with Crippen LogP contribution >= 0.6 is 0 Å². The van der Waals surface area contributed by atoms with Crippen molar-refractivity contribution in [1.29, 1.82) is 0 Å². The van der Waals surface area contributed by atoms with E-state index in [2.05, 4.69) is 6.58 Å². The highest BCUT2D eigenvalue weighted by molar-refractivity contribution is 5.88. The SMILES string of the molecule is C=C(/C=C\C=C(/C)N)C(=O)O. The third kappa shape index (κ3) is 4.96. The van der Waals surface area contributed by atoms with Gasteiger partial charge in [-0.25, -0.2) is 4.79 Å². The molecule has 0 amide bonds. The molecule has 0 aromatic rings. The normalized spacial score (nSPS) is 11.9. The molecule has 0 radical (unpaired) electrons. The van der Waals surface area contributed by atoms with E-state index in [1.165, 1.54) is 6.08 Å². The van der Waals surface area contributed by atoms with Gasteiger partial charge in [-0.05, 0) is 19.1 Å². The minimum atomic E-state index is -1.02. The van der Waals surface area contributed by atoms with Gasteiger partial charge < -0.3 is 10.8 Å². The zero-order valence-electron chi connectivity index (χ0n) is 6.37. The van der Waals surface area contributed by atoms with Gasteiger partial charge in [0.1, 0.15) is 0 Å². The maximum Gasteiger partial charge on any atom is 0.335 e. The molecule has 11 heavy (non-hydrogen) atoms. The Morgan fingerprint density at radius 2 is 2.18 bits per heavy atom. The van der Waals surface area contributed by atoms with Crippen LogP contribution < -0.4 is 5.73 Å². The van der Waals surface area contributed by atoms with Gasteiger partial charge in [-0.15, -0.1) is 0 Å². The average molecular weight is 153 g/mol. The Morgan fingerprint density at radius 1 is 1.64 bits per heavy atom. The van der Waals surface area contributed by atoms with E-state index in [-0.39, 0.29) is 5.57 Å². The van der Waals surface area contributed by atoms with Crippen molar-refractivity contribution < 1.29 is 9.90 Å². The van der Waals surface area contributed by atoms with Crippen LogP contribution in [0.25, 0.3) is 0 Å². The standard InChI is InChI=1S/C8H11NO2/c1-6(8(10)11)4-3-5-7(2)9/h3-5H,1,9H2,2H3,(H,10,11)/b4-3-,7-5+. The molecular weight excluding hydrogens is 142 g/mol. The zero-order valence-corrected chi connectivity index (χ0v) is 6.37. The summed E-state index contributed by atoms with van der Waals surface area (Å²) >= 11 is 0. The van der Waals surface area contributed by atoms with Crippen molar-refractivity contribution >= 4 is 5.97 Å². The van der Waals surface area contributed by atoms with Crippen LogP contribution in [-0.2, 0) is 4.79 Å². The lowest BCUT2D eigenvalue weighted by molar-refractivity contribution is -0.132. The second-order valence-corrected chi connectivity index (χ2v) is 2.10. The maximum absolute atomic E-state index is 10.2. The molecule has 0 saturated carbocycles. The number of aliphatic carboxylic acids is 1. The van der Waals surface area contributed by atoms with Crippen molar-refractivity contribution in [2.75, 3.05) is 0 Å². The molecule has 60 valence electrons. The lowest BCUT2D eigenvalue weighted by Crippen LogP contribution is -1.94. The number of carboxylic acids is 1. The summed E-state index contributed by atoms with van der Waals surface area (Å²) in [4.78, 5) is 10.2. The van der Waals surface area contributed by atoms with Crippen LogP contribution in [0.1, 0.15) is 6.92 Å². The van der Waals surface area contributed by atoms with Crippen LogP contribution in [0.2, 0.25) is 0 Å². The summed E-state index contributed by atoms with van der Waals surface area (Å²) in [7, 11) is 0. The molecule has 3 nitrogen and oxygen atoms in total. The first kappa shape index (κ1) is 9.49. The topological polar surface area (TPSA) is 63.3 Å². The van der Waals surface area contributed by atoms with Crippen molar-refractivity contribution in [2.45, 2.75) is 6.92 Å². The summed E-state index contributed by atoms with van der Waals surface area (Å²) in [5, 5.41) is 8.34. The smallest absolute Gasteiger partial charge is 0.335 e. The second kappa shape index (κ2) is 4.33. The molecule has 0 spiro atoms. The highest BCUT2D eigenvalue weighted by atomic mass is 16.4. The van der Waals surface area contributed by atoms with E-state index in [0.29, 0.717) is 5.70 Å². The summed E-state index contributed by atoms with van der Waals surface area (Å²) in [5.41, 5.74) is 5.96. The average Bonchev–Trinajstić information content (AvgIpc) is 1.86. The molecule has 0 atom stereocenters. The number of rotatable bonds is 3. The van der Waals surface area contributed by atoms with E-state index in [0.717, 1.165) is 0 Å². The number of hydrogen-bond donors (Lipinski definition) is 2. The first-order valence-electron chi connectivity index (χ1n) is 3.06. The highest BCUT2D eigenvalue weighted by Gasteiger charge is 1.95. The first-order chi connectivity index (χ1) is 5.04. The predicted molar refractivity (Wildman–Crippen MR) is 43.9 cm³/mol. The molecule has 0 aliphatic rings. The molecule has 0 heterocycles. The largest absolute Gasteiger partial charge is 0.478 e. The van der Waals surface area contributed by atoms with Crippen molar-refractivity contribution in [2.24, 2.45) is 5.73 Å². The van der Waals surface area contributed by atoms with Crippen molar-refractivity contribution in [3.8, 4) is 0 Å². The fourth-order valence-corrected chi connectivity index (χ4v) is 0.387. The van der Waals surface area contributed by atoms with Gasteiger partial charge in [-0.1, -0.05) is 12.7 Å². The second-order valence-electron chi connectivity index (χ2n) is 2.10. The molecular formula is C8H11NO2. The summed E-state index contributed by atoms with van der Waals surface area (Å²) < 4.78 is 0. The Morgan fingerprint density at radius 3 is 2.55 bits per heavy atom. The van der Waals surface area contributed by atoms with Gasteiger partial charge in [-0.2, -0.15) is 0 Å². The minimum absolute atomic E-state index is 0.0440. The van der Waals surface area contributed by atoms with E-state index in [1.54, 1.807) is 19.1 Å². The third-order valence-electron chi connectivity index (χ3n) is 0.931. The van der Waals surface area contributed by atoms with E-state index in [1.807, 2.05) is 0 Å². The molecule has 0 saturated heterocycles. The predicted octanol–water partition coefficient (Wildman–Crippen LogP) is 1.05. The van der Waals surface area contributed by atoms with E-state index >= 15 is 0 Å². The molecule has 0 rings (SSSR count). The molecule has 0 fully saturated rings. The Balaban J connectivity index is 4.05. The maximum atomic E-state index is 10.2. The van der Waals surface area contributed by atoms with Crippen LogP contribution in [0.5, 0.6) is 0 Å². The monoisotopic (exact) mass is 153 g/mol. The molecule has 0 aliphatic carbocycles. The molecule has 3 N–H and O–H groups in total. The van der Waals surface area contributed by atoms with Crippen LogP contribution in [0.3, 0.4) is 0 Å². The van der Waals surface area contributed by atoms with Gasteiger partial charge in [0, 0.05) is 5.70 Å². The lowest BCUT2D eigenvalue weighted by atomic mass is 10.3. The van der Waals surface area contributed by atoms with Crippen molar-refractivity contribution in [3.63, 3.8) is 0 Å². The number of carbonyl (C=O) groups is 1. The molecule has 0 unspecified atom stereocenters. The summed E-state index contributed by atoms with van der Waals surface area (Å²) in [5.74, 6) is -1.02. The zero-order chi connectivity index (χ0) is 8.85. The molecule has 0 bridgehead atoms. The first-order valence-corrected chi connectivity index (χ1v) is 3.06. The molecule has 0 aromatic carbocycles. The van der Waals surface area contributed by atoms with E-state index in [4.69, 9.17) is 10.8 Å². The van der Waals surface area contributed by atoms with Crippen molar-refractivity contribution in [3.05, 3.63) is 36.1 Å². The minimum Gasteiger partial charge on any atom is -0.478 e. The Hall–Kier alpha value is -1.51. The van der Waals surface area contributed by atoms with Gasteiger partial charge in [0.2, 0.25) is 0 Å². The van der Waals surface area contributed by atoms with Crippen LogP contribution in [0, 0.1) is 0 Å². The Labute approximate surface area is 65.5 Å². The number of hydrogen-bond acceptors (Lipinski definition) is 2. The fraction of sp³-hybridized carbons (Fsp3) is 0.125. The Bertz CT molecular complexity index is 222. The number of nitrogens with two attached hydrogens (primary N) is 1. The Kier molecular flexibility index (Phi) is 3.73.